The Balaban J connectivity index is 2.16. The molecule has 1 aromatic carbocycles. The van der Waals surface area contributed by atoms with Gasteiger partial charge in [0.1, 0.15) is 6.34 Å². The molecular weight excluding hydrogens is 281 g/mol. The minimum Gasteiger partial charge on any atom is -0.248 e. The average Bonchev–Trinajstić information content (AvgIpc) is 2.25. The lowest BCUT2D eigenvalue weighted by atomic mass is 10.1. The average molecular weight is 291 g/mol. The third-order valence-corrected chi connectivity index (χ3v) is 3.22. The van der Waals surface area contributed by atoms with E-state index in [1.165, 1.54) is 10.6 Å². The molecule has 0 radical (unpaired) electrons. The molecule has 1 unspecified atom stereocenters. The zero-order valence-corrected chi connectivity index (χ0v) is 11.2. The first-order valence-corrected chi connectivity index (χ1v) is 6.08. The molecule has 0 aromatic heterocycles. The molecule has 0 saturated heterocycles. The van der Waals surface area contributed by atoms with Crippen LogP contribution in [0.15, 0.2) is 23.2 Å². The van der Waals surface area contributed by atoms with E-state index in [0.717, 1.165) is 10.3 Å². The van der Waals surface area contributed by atoms with Gasteiger partial charge in [-0.05, 0) is 17.7 Å². The third-order valence-electron chi connectivity index (χ3n) is 2.41. The number of thiol groups is 1. The fourth-order valence-corrected chi connectivity index (χ4v) is 2.21. The summed E-state index contributed by atoms with van der Waals surface area (Å²) in [4.78, 5) is 15.7. The molecule has 90 valence electrons. The highest BCUT2D eigenvalue weighted by Gasteiger charge is 2.29. The van der Waals surface area contributed by atoms with Crippen LogP contribution in [0.2, 0.25) is 10.0 Å². The fourth-order valence-electron chi connectivity index (χ4n) is 1.54. The first kappa shape index (κ1) is 12.7. The first-order valence-electron chi connectivity index (χ1n) is 4.93. The smallest absolute Gasteiger partial charge is 0.248 e. The monoisotopic (exact) mass is 290 g/mol. The maximum absolute atomic E-state index is 11.6. The van der Waals surface area contributed by atoms with Crippen LogP contribution in [-0.4, -0.2) is 28.2 Å². The maximum atomic E-state index is 11.6. The number of nitrogens with zero attached hydrogens (tertiary/aromatic N) is 3. The second-order valence-corrected chi connectivity index (χ2v) is 5.04. The molecule has 4 nitrogen and oxygen atoms in total. The number of aliphatic imine (C=N–C) groups is 1. The zero-order valence-electron chi connectivity index (χ0n) is 8.75. The summed E-state index contributed by atoms with van der Waals surface area (Å²) in [7, 11) is 0. The second-order valence-electron chi connectivity index (χ2n) is 3.68. The van der Waals surface area contributed by atoms with Gasteiger partial charge >= 0.3 is 6.17 Å². The first-order chi connectivity index (χ1) is 8.06. The van der Waals surface area contributed by atoms with E-state index in [4.69, 9.17) is 23.2 Å². The minimum atomic E-state index is -0.461. The Hall–Kier alpha value is -0.780. The minimum absolute atomic E-state index is 0.183. The van der Waals surface area contributed by atoms with E-state index < -0.39 is 6.17 Å². The summed E-state index contributed by atoms with van der Waals surface area (Å²) in [6.07, 6.45) is 1.53. The summed E-state index contributed by atoms with van der Waals surface area (Å²) in [5.41, 5.74) is 0.853. The number of hydrogen-bond donors (Lipinski definition) is 1. The third kappa shape index (κ3) is 3.12. The molecular formula is C10H10Cl2N3OS+. The summed E-state index contributed by atoms with van der Waals surface area (Å²) < 4.78 is 2.28. The molecule has 0 spiro atoms. The second kappa shape index (κ2) is 5.25. The van der Waals surface area contributed by atoms with Crippen LogP contribution < -0.4 is 0 Å². The van der Waals surface area contributed by atoms with Gasteiger partial charge in [-0.2, -0.15) is 0 Å². The van der Waals surface area contributed by atoms with Crippen molar-refractivity contribution >= 4 is 42.4 Å². The summed E-state index contributed by atoms with van der Waals surface area (Å²) in [5, 5.41) is 1.13. The normalized spacial score (nSPS) is 19.8. The van der Waals surface area contributed by atoms with Crippen LogP contribution in [-0.2, 0) is 6.42 Å². The quantitative estimate of drug-likeness (QED) is 0.672. The van der Waals surface area contributed by atoms with Crippen molar-refractivity contribution in [3.63, 3.8) is 0 Å². The Morgan fingerprint density at radius 2 is 2.29 bits per heavy atom. The Morgan fingerprint density at radius 1 is 1.53 bits per heavy atom. The molecule has 1 heterocycles. The van der Waals surface area contributed by atoms with Gasteiger partial charge in [-0.25, -0.2) is 9.30 Å². The summed E-state index contributed by atoms with van der Waals surface area (Å²) in [5.74, 6) is 0. The van der Waals surface area contributed by atoms with Crippen molar-refractivity contribution < 1.29 is 4.76 Å². The fraction of sp³-hybridized carbons (Fsp3) is 0.300. The van der Waals surface area contributed by atoms with Gasteiger partial charge < -0.3 is 0 Å². The molecule has 7 heteroatoms. The molecule has 1 atom stereocenters. The maximum Gasteiger partial charge on any atom is 0.300 e. The summed E-state index contributed by atoms with van der Waals surface area (Å²) >= 11 is 15.9. The Bertz CT molecular complexity index is 481. The van der Waals surface area contributed by atoms with Crippen molar-refractivity contribution in [3.05, 3.63) is 38.7 Å². The van der Waals surface area contributed by atoms with Gasteiger partial charge in [0.2, 0.25) is 0 Å². The number of benzene rings is 1. The topological polar surface area (TPSA) is 35.7 Å². The Morgan fingerprint density at radius 3 is 2.94 bits per heavy atom. The highest BCUT2D eigenvalue weighted by atomic mass is 35.5. The molecule has 1 aliphatic heterocycles. The molecule has 0 saturated carbocycles. The molecule has 0 aliphatic carbocycles. The lowest BCUT2D eigenvalue weighted by molar-refractivity contribution is -0.597. The van der Waals surface area contributed by atoms with Crippen molar-refractivity contribution in [2.24, 2.45) is 4.99 Å². The predicted molar refractivity (Wildman–Crippen MR) is 71.8 cm³/mol. The molecule has 0 fully saturated rings. The van der Waals surface area contributed by atoms with Crippen molar-refractivity contribution in [3.8, 4) is 0 Å². The van der Waals surface area contributed by atoms with Crippen LogP contribution in [0.25, 0.3) is 0 Å². The molecule has 17 heavy (non-hydrogen) atoms. The molecule has 0 bridgehead atoms. The van der Waals surface area contributed by atoms with Crippen LogP contribution in [0.5, 0.6) is 0 Å². The van der Waals surface area contributed by atoms with E-state index in [2.05, 4.69) is 17.8 Å². The van der Waals surface area contributed by atoms with Crippen molar-refractivity contribution in [1.82, 2.24) is 4.31 Å². The highest BCUT2D eigenvalue weighted by molar-refractivity contribution is 7.78. The summed E-state index contributed by atoms with van der Waals surface area (Å²) in [6.45, 7) is 0.183. The standard InChI is InChI=1S/C10H10Cl2N3OS/c11-8-2-1-7(9(12)4-8)3-10-13-5-14(17)6-15(10)16/h1-2,4-5,10,17H,3,6H2/q+1. The number of rotatable bonds is 2. The van der Waals surface area contributed by atoms with E-state index in [9.17, 15) is 4.91 Å². The van der Waals surface area contributed by atoms with Gasteiger partial charge in [-0.3, -0.25) is 0 Å². The molecule has 0 N–H and O–H groups in total. The molecule has 1 aliphatic rings. The van der Waals surface area contributed by atoms with Gasteiger partial charge in [0.15, 0.2) is 0 Å². The predicted octanol–water partition coefficient (Wildman–Crippen LogP) is 2.79. The Kier molecular flexibility index (Phi) is 3.91. The van der Waals surface area contributed by atoms with Crippen LogP contribution in [0, 0.1) is 4.91 Å². The number of nitroso groups, excluding NO2 is 1. The van der Waals surface area contributed by atoms with E-state index >= 15 is 0 Å². The SMILES string of the molecule is O=[N+]1CN(S)C=NC1Cc1ccc(Cl)cc1Cl. The Labute approximate surface area is 114 Å². The van der Waals surface area contributed by atoms with E-state index in [-0.39, 0.29) is 6.67 Å². The van der Waals surface area contributed by atoms with Crippen LogP contribution in [0.3, 0.4) is 0 Å². The largest absolute Gasteiger partial charge is 0.300 e. The molecule has 0 amide bonds. The van der Waals surface area contributed by atoms with Gasteiger partial charge in [0.25, 0.3) is 6.67 Å². The van der Waals surface area contributed by atoms with Gasteiger partial charge in [0, 0.05) is 19.7 Å². The highest BCUT2D eigenvalue weighted by Crippen LogP contribution is 2.23. The van der Waals surface area contributed by atoms with Gasteiger partial charge in [-0.1, -0.05) is 42.1 Å². The van der Waals surface area contributed by atoms with Crippen molar-refractivity contribution in [1.29, 1.82) is 0 Å². The van der Waals surface area contributed by atoms with E-state index in [1.807, 2.05) is 0 Å². The van der Waals surface area contributed by atoms with Crippen molar-refractivity contribution in [2.75, 3.05) is 6.67 Å². The number of hydrogen-bond acceptors (Lipinski definition) is 4. The van der Waals surface area contributed by atoms with E-state index in [0.29, 0.717) is 16.5 Å². The van der Waals surface area contributed by atoms with Gasteiger partial charge in [0.05, 0.1) is 6.42 Å². The van der Waals surface area contributed by atoms with Gasteiger partial charge in [-0.15, -0.1) is 0 Å². The summed E-state index contributed by atoms with van der Waals surface area (Å²) in [6, 6.07) is 5.21. The lowest BCUT2D eigenvalue weighted by Gasteiger charge is -2.15. The number of halogens is 2. The zero-order chi connectivity index (χ0) is 12.4. The van der Waals surface area contributed by atoms with Crippen LogP contribution in [0.4, 0.5) is 0 Å². The lowest BCUT2D eigenvalue weighted by Crippen LogP contribution is -2.36. The van der Waals surface area contributed by atoms with Crippen LogP contribution in [0.1, 0.15) is 5.56 Å². The molecule has 2 rings (SSSR count). The van der Waals surface area contributed by atoms with E-state index in [1.54, 1.807) is 18.2 Å². The van der Waals surface area contributed by atoms with Crippen molar-refractivity contribution in [2.45, 2.75) is 12.6 Å². The van der Waals surface area contributed by atoms with Crippen LogP contribution >= 0.6 is 36.0 Å². The molecule has 1 aromatic rings.